The summed E-state index contributed by atoms with van der Waals surface area (Å²) in [6.45, 7) is 2.03. The lowest BCUT2D eigenvalue weighted by Gasteiger charge is -2.26. The average molecular weight is 522 g/mol. The summed E-state index contributed by atoms with van der Waals surface area (Å²) in [6.07, 6.45) is 4.39. The lowest BCUT2D eigenvalue weighted by molar-refractivity contribution is 0.0991. The van der Waals surface area contributed by atoms with Gasteiger partial charge >= 0.3 is 0 Å². The maximum absolute atomic E-state index is 13.3. The van der Waals surface area contributed by atoms with Crippen LogP contribution in [0.1, 0.15) is 33.6 Å². The Kier molecular flexibility index (Phi) is 7.80. The first-order valence-corrected chi connectivity index (χ1v) is 14.0. The third-order valence-corrected chi connectivity index (χ3v) is 7.70. The van der Waals surface area contributed by atoms with Gasteiger partial charge in [0.25, 0.3) is 11.8 Å². The van der Waals surface area contributed by atoms with Gasteiger partial charge in [0.2, 0.25) is 0 Å². The third-order valence-electron chi connectivity index (χ3n) is 6.96. The van der Waals surface area contributed by atoms with Crippen LogP contribution in [0.4, 0.5) is 17.1 Å². The molecule has 1 fully saturated rings. The Morgan fingerprint density at radius 3 is 2.18 bits per heavy atom. The summed E-state index contributed by atoms with van der Waals surface area (Å²) >= 11 is 1.69. The number of hydrogen-bond donors (Lipinski definition) is 1. The largest absolute Gasteiger partial charge is 0.370 e. The van der Waals surface area contributed by atoms with Crippen LogP contribution in [0.15, 0.2) is 102 Å². The molecule has 1 N–H and O–H groups in total. The van der Waals surface area contributed by atoms with E-state index in [-0.39, 0.29) is 11.8 Å². The monoisotopic (exact) mass is 521 g/mol. The zero-order valence-electron chi connectivity index (χ0n) is 21.7. The quantitative estimate of drug-likeness (QED) is 0.261. The number of carbonyl (C=O) groups is 2. The van der Waals surface area contributed by atoms with Gasteiger partial charge in [-0.15, -0.1) is 11.8 Å². The second-order valence-electron chi connectivity index (χ2n) is 9.35. The van der Waals surface area contributed by atoms with E-state index < -0.39 is 0 Å². The minimum Gasteiger partial charge on any atom is -0.370 e. The minimum atomic E-state index is -0.190. The van der Waals surface area contributed by atoms with Crippen LogP contribution in [-0.2, 0) is 0 Å². The maximum Gasteiger partial charge on any atom is 0.258 e. The topological polar surface area (TPSA) is 52.7 Å². The van der Waals surface area contributed by atoms with E-state index in [4.69, 9.17) is 0 Å². The number of amides is 2. The molecule has 0 aromatic heterocycles. The highest BCUT2D eigenvalue weighted by Gasteiger charge is 2.21. The van der Waals surface area contributed by atoms with Crippen LogP contribution >= 0.6 is 11.8 Å². The zero-order chi connectivity index (χ0) is 26.5. The molecule has 0 aliphatic carbocycles. The van der Waals surface area contributed by atoms with Crippen molar-refractivity contribution >= 4 is 40.6 Å². The van der Waals surface area contributed by atoms with Crippen LogP contribution in [0.2, 0.25) is 0 Å². The summed E-state index contributed by atoms with van der Waals surface area (Å²) < 4.78 is 0. The summed E-state index contributed by atoms with van der Waals surface area (Å²) in [5.41, 5.74) is 5.66. The maximum atomic E-state index is 13.3. The summed E-state index contributed by atoms with van der Waals surface area (Å²) in [5, 5.41) is 2.99. The second kappa shape index (κ2) is 11.6. The Balaban J connectivity index is 1.31. The Hall–Kier alpha value is -4.03. The number of para-hydroxylation sites is 2. The van der Waals surface area contributed by atoms with Crippen LogP contribution in [0.5, 0.6) is 0 Å². The van der Waals surface area contributed by atoms with Gasteiger partial charge in [-0.05, 0) is 84.8 Å². The van der Waals surface area contributed by atoms with Crippen molar-refractivity contribution in [1.29, 1.82) is 0 Å². The summed E-state index contributed by atoms with van der Waals surface area (Å²) in [5.74, 6) is -0.279. The molecule has 1 heterocycles. The number of thioether (sulfide) groups is 1. The lowest BCUT2D eigenvalue weighted by Crippen LogP contribution is -2.29. The van der Waals surface area contributed by atoms with Crippen LogP contribution < -0.4 is 15.1 Å². The first-order valence-electron chi connectivity index (χ1n) is 12.8. The van der Waals surface area contributed by atoms with Crippen molar-refractivity contribution in [3.8, 4) is 11.1 Å². The van der Waals surface area contributed by atoms with Crippen LogP contribution in [0, 0.1) is 0 Å². The number of rotatable bonds is 7. The van der Waals surface area contributed by atoms with Crippen molar-refractivity contribution < 1.29 is 9.59 Å². The zero-order valence-corrected chi connectivity index (χ0v) is 22.5. The molecule has 6 heteroatoms. The molecule has 0 radical (unpaired) electrons. The molecule has 4 aromatic rings. The van der Waals surface area contributed by atoms with Gasteiger partial charge in [0, 0.05) is 41.8 Å². The lowest BCUT2D eigenvalue weighted by atomic mass is 9.99. The Labute approximate surface area is 228 Å². The first kappa shape index (κ1) is 25.6. The molecule has 0 saturated carbocycles. The summed E-state index contributed by atoms with van der Waals surface area (Å²) in [7, 11) is 1.82. The van der Waals surface area contributed by atoms with Gasteiger partial charge in [0.05, 0.1) is 11.4 Å². The average Bonchev–Trinajstić information content (AvgIpc) is 3.52. The Morgan fingerprint density at radius 2 is 1.47 bits per heavy atom. The number of hydrogen-bond acceptors (Lipinski definition) is 4. The van der Waals surface area contributed by atoms with Gasteiger partial charge in [0.15, 0.2) is 0 Å². The molecular weight excluding hydrogens is 490 g/mol. The fraction of sp³-hybridized carbons (Fsp3) is 0.188. The smallest absolute Gasteiger partial charge is 0.258 e. The van der Waals surface area contributed by atoms with E-state index in [9.17, 15) is 9.59 Å². The fourth-order valence-corrected chi connectivity index (χ4v) is 5.28. The molecule has 2 amide bonds. The van der Waals surface area contributed by atoms with Crippen molar-refractivity contribution in [2.75, 3.05) is 41.5 Å². The molecule has 192 valence electrons. The molecular formula is C32H31N3O2S. The molecule has 38 heavy (non-hydrogen) atoms. The van der Waals surface area contributed by atoms with Crippen molar-refractivity contribution in [2.24, 2.45) is 0 Å². The van der Waals surface area contributed by atoms with Gasteiger partial charge in [-0.1, -0.05) is 42.5 Å². The Morgan fingerprint density at radius 1 is 0.816 bits per heavy atom. The molecule has 1 aliphatic rings. The number of nitrogens with zero attached hydrogens (tertiary/aromatic N) is 2. The Bertz CT molecular complexity index is 1430. The van der Waals surface area contributed by atoms with Crippen LogP contribution in [-0.4, -0.2) is 38.2 Å². The highest BCUT2D eigenvalue weighted by Crippen LogP contribution is 2.32. The summed E-state index contributed by atoms with van der Waals surface area (Å²) in [6, 6.07) is 30.9. The molecule has 0 bridgehead atoms. The molecule has 5 rings (SSSR count). The van der Waals surface area contributed by atoms with Crippen molar-refractivity contribution in [2.45, 2.75) is 17.7 Å². The molecule has 0 atom stereocenters. The normalized spacial score (nSPS) is 12.8. The molecule has 4 aromatic carbocycles. The molecule has 1 aliphatic heterocycles. The third kappa shape index (κ3) is 5.46. The number of benzene rings is 4. The van der Waals surface area contributed by atoms with Crippen molar-refractivity contribution in [3.63, 3.8) is 0 Å². The predicted molar refractivity (Wildman–Crippen MR) is 159 cm³/mol. The minimum absolute atomic E-state index is 0.0893. The van der Waals surface area contributed by atoms with Gasteiger partial charge in [-0.2, -0.15) is 0 Å². The SMILES string of the molecule is CSc1ccc(-c2ccccc2C(=O)Nc2ccc(C(=O)N(C)c3ccccc3N3CCCC3)cc2)cc1. The van der Waals surface area contributed by atoms with Crippen molar-refractivity contribution in [1.82, 2.24) is 0 Å². The molecule has 1 saturated heterocycles. The van der Waals surface area contributed by atoms with E-state index in [2.05, 4.69) is 28.4 Å². The van der Waals surface area contributed by atoms with Gasteiger partial charge < -0.3 is 15.1 Å². The highest BCUT2D eigenvalue weighted by molar-refractivity contribution is 7.98. The van der Waals surface area contributed by atoms with Gasteiger partial charge in [-0.3, -0.25) is 9.59 Å². The second-order valence-corrected chi connectivity index (χ2v) is 10.2. The van der Waals surface area contributed by atoms with E-state index in [1.54, 1.807) is 40.9 Å². The van der Waals surface area contributed by atoms with Gasteiger partial charge in [0.1, 0.15) is 0 Å². The number of carbonyl (C=O) groups excluding carboxylic acids is 2. The number of nitrogens with one attached hydrogen (secondary N) is 1. The summed E-state index contributed by atoms with van der Waals surface area (Å²) in [4.78, 5) is 31.8. The molecule has 5 nitrogen and oxygen atoms in total. The predicted octanol–water partition coefficient (Wildman–Crippen LogP) is 7.20. The number of anilines is 3. The van der Waals surface area contributed by atoms with E-state index >= 15 is 0 Å². The van der Waals surface area contributed by atoms with E-state index in [1.807, 2.05) is 67.9 Å². The van der Waals surface area contributed by atoms with Gasteiger partial charge in [-0.25, -0.2) is 0 Å². The molecule has 0 unspecified atom stereocenters. The van der Waals surface area contributed by atoms with E-state index in [0.717, 1.165) is 35.6 Å². The van der Waals surface area contributed by atoms with Crippen LogP contribution in [0.3, 0.4) is 0 Å². The highest BCUT2D eigenvalue weighted by atomic mass is 32.2. The first-order chi connectivity index (χ1) is 18.5. The molecule has 0 spiro atoms. The van der Waals surface area contributed by atoms with E-state index in [0.29, 0.717) is 16.8 Å². The van der Waals surface area contributed by atoms with E-state index in [1.165, 1.54) is 17.7 Å². The van der Waals surface area contributed by atoms with Crippen LogP contribution in [0.25, 0.3) is 11.1 Å². The fourth-order valence-electron chi connectivity index (χ4n) is 4.87. The standard InChI is InChI=1S/C32H31N3O2S/c1-34(29-11-5-6-12-30(29)35-21-7-8-22-35)32(37)24-13-17-25(18-14-24)33-31(36)28-10-4-3-9-27(28)23-15-19-26(38-2)20-16-23/h3-6,9-20H,7-8,21-22H2,1-2H3,(H,33,36). The van der Waals surface area contributed by atoms with Crippen molar-refractivity contribution in [3.05, 3.63) is 108 Å².